The molecule has 0 aliphatic carbocycles. The van der Waals surface area contributed by atoms with Gasteiger partial charge < -0.3 is 14.6 Å². The molecule has 1 aromatic heterocycles. The molecule has 0 unspecified atom stereocenters. The number of amides is 1. The average Bonchev–Trinajstić information content (AvgIpc) is 3.02. The van der Waals surface area contributed by atoms with Crippen LogP contribution in [0.4, 0.5) is 5.69 Å². The zero-order valence-electron chi connectivity index (χ0n) is 14.7. The van der Waals surface area contributed by atoms with Crippen LogP contribution >= 0.6 is 50.9 Å². The van der Waals surface area contributed by atoms with Gasteiger partial charge in [-0.15, -0.1) is 10.2 Å². The van der Waals surface area contributed by atoms with Gasteiger partial charge in [-0.05, 0) is 42.5 Å². The molecule has 3 rings (SSSR count). The maximum atomic E-state index is 12.2. The number of nitrogens with zero attached hydrogens (tertiary/aromatic N) is 3. The third-order valence-corrected chi connectivity index (χ3v) is 5.76. The van der Waals surface area contributed by atoms with Crippen molar-refractivity contribution in [1.29, 1.82) is 0 Å². The Bertz CT molecular complexity index is 982. The minimum Gasteiger partial charge on any atom is -0.486 e. The first-order valence-corrected chi connectivity index (χ1v) is 10.6. The van der Waals surface area contributed by atoms with Crippen LogP contribution < -0.4 is 10.1 Å². The molecular weight excluding hydrogens is 487 g/mol. The van der Waals surface area contributed by atoms with Crippen molar-refractivity contribution < 1.29 is 9.53 Å². The van der Waals surface area contributed by atoms with Crippen molar-refractivity contribution in [3.8, 4) is 5.75 Å². The van der Waals surface area contributed by atoms with Gasteiger partial charge in [0.15, 0.2) is 11.0 Å². The Labute approximate surface area is 184 Å². The summed E-state index contributed by atoms with van der Waals surface area (Å²) in [6, 6.07) is 12.4. The molecule has 1 amide bonds. The van der Waals surface area contributed by atoms with E-state index in [4.69, 9.17) is 27.9 Å². The van der Waals surface area contributed by atoms with Crippen molar-refractivity contribution in [3.05, 3.63) is 62.8 Å². The molecule has 28 heavy (non-hydrogen) atoms. The Morgan fingerprint density at radius 1 is 1.21 bits per heavy atom. The monoisotopic (exact) mass is 500 g/mol. The lowest BCUT2D eigenvalue weighted by Gasteiger charge is -2.08. The molecule has 1 heterocycles. The third-order valence-electron chi connectivity index (χ3n) is 3.64. The van der Waals surface area contributed by atoms with Crippen LogP contribution in [0, 0.1) is 0 Å². The highest BCUT2D eigenvalue weighted by molar-refractivity contribution is 9.10. The van der Waals surface area contributed by atoms with E-state index in [1.807, 2.05) is 31.3 Å². The Balaban J connectivity index is 1.54. The summed E-state index contributed by atoms with van der Waals surface area (Å²) in [6.45, 7) is 0.274. The topological polar surface area (TPSA) is 69.0 Å². The predicted molar refractivity (Wildman–Crippen MR) is 115 cm³/mol. The fraction of sp³-hybridized carbons (Fsp3) is 0.167. The molecule has 0 radical (unpaired) electrons. The predicted octanol–water partition coefficient (Wildman–Crippen LogP) is 5.19. The van der Waals surface area contributed by atoms with Crippen LogP contribution in [0.2, 0.25) is 10.0 Å². The number of rotatable bonds is 7. The smallest absolute Gasteiger partial charge is 0.234 e. The van der Waals surface area contributed by atoms with Crippen LogP contribution in [-0.4, -0.2) is 26.4 Å². The number of hydrogen-bond donors (Lipinski definition) is 1. The Kier molecular flexibility index (Phi) is 7.23. The van der Waals surface area contributed by atoms with Crippen LogP contribution in [0.25, 0.3) is 0 Å². The highest BCUT2D eigenvalue weighted by Gasteiger charge is 2.13. The van der Waals surface area contributed by atoms with Crippen molar-refractivity contribution >= 4 is 62.5 Å². The van der Waals surface area contributed by atoms with E-state index < -0.39 is 0 Å². The largest absolute Gasteiger partial charge is 0.486 e. The van der Waals surface area contributed by atoms with Gasteiger partial charge in [0.1, 0.15) is 12.4 Å². The van der Waals surface area contributed by atoms with Gasteiger partial charge in [-0.1, -0.05) is 50.9 Å². The van der Waals surface area contributed by atoms with Gasteiger partial charge >= 0.3 is 0 Å². The SMILES string of the molecule is Cn1c(COc2ccc(Br)cc2)nnc1SCC(=O)Nc1cc(Cl)ccc1Cl. The maximum absolute atomic E-state index is 12.2. The molecule has 0 bridgehead atoms. The second-order valence-corrected chi connectivity index (χ2v) is 8.36. The van der Waals surface area contributed by atoms with E-state index in [9.17, 15) is 4.79 Å². The molecule has 10 heteroatoms. The third kappa shape index (κ3) is 5.64. The zero-order chi connectivity index (χ0) is 20.1. The van der Waals surface area contributed by atoms with E-state index in [0.29, 0.717) is 26.7 Å². The van der Waals surface area contributed by atoms with Crippen LogP contribution in [0.3, 0.4) is 0 Å². The highest BCUT2D eigenvalue weighted by Crippen LogP contribution is 2.26. The number of halogens is 3. The Hall–Kier alpha value is -1.74. The van der Waals surface area contributed by atoms with Gasteiger partial charge in [0, 0.05) is 16.5 Å². The van der Waals surface area contributed by atoms with Crippen molar-refractivity contribution in [2.75, 3.05) is 11.1 Å². The second-order valence-electron chi connectivity index (χ2n) is 5.66. The molecule has 0 saturated carbocycles. The Morgan fingerprint density at radius 3 is 2.71 bits per heavy atom. The molecule has 0 aliphatic heterocycles. The zero-order valence-corrected chi connectivity index (χ0v) is 18.6. The lowest BCUT2D eigenvalue weighted by molar-refractivity contribution is -0.113. The number of anilines is 1. The molecule has 6 nitrogen and oxygen atoms in total. The molecule has 2 aromatic carbocycles. The Morgan fingerprint density at radius 2 is 1.96 bits per heavy atom. The summed E-state index contributed by atoms with van der Waals surface area (Å²) in [4.78, 5) is 12.2. The summed E-state index contributed by atoms with van der Waals surface area (Å²) in [5.74, 6) is 1.33. The summed E-state index contributed by atoms with van der Waals surface area (Å²) in [5.41, 5.74) is 0.473. The number of nitrogens with one attached hydrogen (secondary N) is 1. The molecule has 0 aliphatic rings. The van der Waals surface area contributed by atoms with Crippen LogP contribution in [0.1, 0.15) is 5.82 Å². The van der Waals surface area contributed by atoms with Gasteiger partial charge in [0.25, 0.3) is 0 Å². The number of benzene rings is 2. The van der Waals surface area contributed by atoms with E-state index in [0.717, 1.165) is 10.2 Å². The number of thioether (sulfide) groups is 1. The molecule has 1 N–H and O–H groups in total. The molecular formula is C18H15BrCl2N4O2S. The average molecular weight is 502 g/mol. The minimum atomic E-state index is -0.218. The van der Waals surface area contributed by atoms with Crippen molar-refractivity contribution in [2.24, 2.45) is 7.05 Å². The summed E-state index contributed by atoms with van der Waals surface area (Å²) < 4.78 is 8.49. The van der Waals surface area contributed by atoms with E-state index in [1.165, 1.54) is 11.8 Å². The first kappa shape index (κ1) is 21.0. The summed E-state index contributed by atoms with van der Waals surface area (Å²) >= 11 is 16.6. The number of ether oxygens (including phenoxy) is 1. The first-order chi connectivity index (χ1) is 13.4. The first-order valence-electron chi connectivity index (χ1n) is 8.06. The van der Waals surface area contributed by atoms with Crippen molar-refractivity contribution in [3.63, 3.8) is 0 Å². The van der Waals surface area contributed by atoms with Gasteiger partial charge in [0.05, 0.1) is 16.5 Å². The molecule has 0 spiro atoms. The molecule has 146 valence electrons. The van der Waals surface area contributed by atoms with E-state index in [-0.39, 0.29) is 18.3 Å². The van der Waals surface area contributed by atoms with Crippen LogP contribution in [-0.2, 0) is 18.4 Å². The van der Waals surface area contributed by atoms with Crippen molar-refractivity contribution in [1.82, 2.24) is 14.8 Å². The fourth-order valence-electron chi connectivity index (χ4n) is 2.18. The fourth-order valence-corrected chi connectivity index (χ4v) is 3.52. The number of carbonyl (C=O) groups excluding carboxylic acids is 1. The molecule has 3 aromatic rings. The van der Waals surface area contributed by atoms with Crippen LogP contribution in [0.5, 0.6) is 5.75 Å². The maximum Gasteiger partial charge on any atom is 0.234 e. The summed E-state index contributed by atoms with van der Waals surface area (Å²) in [6.07, 6.45) is 0. The summed E-state index contributed by atoms with van der Waals surface area (Å²) in [5, 5.41) is 12.5. The van der Waals surface area contributed by atoms with Gasteiger partial charge in [0.2, 0.25) is 5.91 Å². The standard InChI is InChI=1S/C18H15BrCl2N4O2S/c1-25-16(9-27-13-5-2-11(19)3-6-13)23-24-18(25)28-10-17(26)22-15-8-12(20)4-7-14(15)21/h2-8H,9-10H2,1H3,(H,22,26). The van der Waals surface area contributed by atoms with Crippen LogP contribution in [0.15, 0.2) is 52.1 Å². The number of aromatic nitrogens is 3. The van der Waals surface area contributed by atoms with Gasteiger partial charge in [-0.2, -0.15) is 0 Å². The summed E-state index contributed by atoms with van der Waals surface area (Å²) in [7, 11) is 1.83. The lowest BCUT2D eigenvalue weighted by atomic mass is 10.3. The van der Waals surface area contributed by atoms with Crippen molar-refractivity contribution in [2.45, 2.75) is 11.8 Å². The minimum absolute atomic E-state index is 0.155. The quantitative estimate of drug-likeness (QED) is 0.451. The van der Waals surface area contributed by atoms with E-state index >= 15 is 0 Å². The van der Waals surface area contributed by atoms with Gasteiger partial charge in [-0.25, -0.2) is 0 Å². The normalized spacial score (nSPS) is 10.7. The molecule has 0 fully saturated rings. The van der Waals surface area contributed by atoms with Gasteiger partial charge in [-0.3, -0.25) is 4.79 Å². The number of carbonyl (C=O) groups is 1. The van der Waals surface area contributed by atoms with E-state index in [2.05, 4.69) is 31.4 Å². The van der Waals surface area contributed by atoms with E-state index in [1.54, 1.807) is 22.8 Å². The lowest BCUT2D eigenvalue weighted by Crippen LogP contribution is -2.15. The second kappa shape index (κ2) is 9.65. The number of hydrogen-bond acceptors (Lipinski definition) is 5. The molecule has 0 saturated heterocycles. The molecule has 0 atom stereocenters. The highest BCUT2D eigenvalue weighted by atomic mass is 79.9.